The van der Waals surface area contributed by atoms with Gasteiger partial charge < -0.3 is 10.1 Å². The third kappa shape index (κ3) is 2.18. The van der Waals surface area contributed by atoms with Crippen LogP contribution in [0, 0.1) is 0 Å². The highest BCUT2D eigenvalue weighted by molar-refractivity contribution is 8.13. The minimum absolute atomic E-state index is 0.0192. The Bertz CT molecular complexity index is 486. The number of rotatable bonds is 1. The summed E-state index contributed by atoms with van der Waals surface area (Å²) in [5.41, 5.74) is 0.789. The lowest BCUT2D eigenvalue weighted by Crippen LogP contribution is -2.27. The van der Waals surface area contributed by atoms with Crippen LogP contribution in [-0.4, -0.2) is 21.1 Å². The SMILES string of the molecule is CC1CNc2ccc(S(=O)(=O)Cl)cc2O1. The van der Waals surface area contributed by atoms with Crippen molar-refractivity contribution in [3.8, 4) is 5.75 Å². The van der Waals surface area contributed by atoms with E-state index in [1.807, 2.05) is 6.92 Å². The van der Waals surface area contributed by atoms with Crippen molar-refractivity contribution in [1.29, 1.82) is 0 Å². The van der Waals surface area contributed by atoms with Crippen LogP contribution in [0.5, 0.6) is 5.75 Å². The largest absolute Gasteiger partial charge is 0.487 e. The van der Waals surface area contributed by atoms with Crippen molar-refractivity contribution in [2.45, 2.75) is 17.9 Å². The summed E-state index contributed by atoms with van der Waals surface area (Å²) in [6.07, 6.45) is 0.0192. The number of anilines is 1. The third-order valence-electron chi connectivity index (χ3n) is 2.14. The first-order chi connectivity index (χ1) is 6.97. The van der Waals surface area contributed by atoms with Gasteiger partial charge in [-0.2, -0.15) is 0 Å². The lowest BCUT2D eigenvalue weighted by atomic mass is 10.2. The maximum absolute atomic E-state index is 11.1. The summed E-state index contributed by atoms with van der Waals surface area (Å²) in [5.74, 6) is 0.524. The van der Waals surface area contributed by atoms with Gasteiger partial charge in [-0.1, -0.05) is 0 Å². The van der Waals surface area contributed by atoms with Gasteiger partial charge in [-0.15, -0.1) is 0 Å². The van der Waals surface area contributed by atoms with Gasteiger partial charge in [0.15, 0.2) is 0 Å². The van der Waals surface area contributed by atoms with Gasteiger partial charge in [0.25, 0.3) is 9.05 Å². The molecule has 1 aromatic rings. The summed E-state index contributed by atoms with van der Waals surface area (Å²) in [5, 5.41) is 3.13. The van der Waals surface area contributed by atoms with Crippen LogP contribution in [0.4, 0.5) is 5.69 Å². The monoisotopic (exact) mass is 247 g/mol. The van der Waals surface area contributed by atoms with Crippen LogP contribution in [0.25, 0.3) is 0 Å². The summed E-state index contributed by atoms with van der Waals surface area (Å²) in [7, 11) is 1.54. The number of hydrogen-bond acceptors (Lipinski definition) is 4. The molecule has 1 aromatic carbocycles. The van der Waals surface area contributed by atoms with E-state index in [4.69, 9.17) is 15.4 Å². The minimum Gasteiger partial charge on any atom is -0.487 e. The van der Waals surface area contributed by atoms with Gasteiger partial charge in [-0.05, 0) is 19.1 Å². The second kappa shape index (κ2) is 3.57. The van der Waals surface area contributed by atoms with Crippen molar-refractivity contribution in [3.05, 3.63) is 18.2 Å². The highest BCUT2D eigenvalue weighted by atomic mass is 35.7. The zero-order valence-electron chi connectivity index (χ0n) is 8.03. The molecule has 0 fully saturated rings. The van der Waals surface area contributed by atoms with E-state index < -0.39 is 9.05 Å². The molecule has 0 spiro atoms. The highest BCUT2D eigenvalue weighted by Crippen LogP contribution is 2.32. The molecule has 15 heavy (non-hydrogen) atoms. The molecule has 1 unspecified atom stereocenters. The average molecular weight is 248 g/mol. The zero-order valence-corrected chi connectivity index (χ0v) is 9.60. The Kier molecular flexibility index (Phi) is 2.52. The van der Waals surface area contributed by atoms with Gasteiger partial charge in [0.2, 0.25) is 0 Å². The second-order valence-electron chi connectivity index (χ2n) is 3.41. The van der Waals surface area contributed by atoms with E-state index in [1.54, 1.807) is 6.07 Å². The first kappa shape index (κ1) is 10.6. The first-order valence-electron chi connectivity index (χ1n) is 4.46. The first-order valence-corrected chi connectivity index (χ1v) is 6.77. The molecular formula is C9H10ClNO3S. The molecule has 1 heterocycles. The van der Waals surface area contributed by atoms with Gasteiger partial charge in [-0.3, -0.25) is 0 Å². The van der Waals surface area contributed by atoms with Crippen LogP contribution in [0.15, 0.2) is 23.1 Å². The zero-order chi connectivity index (χ0) is 11.1. The van der Waals surface area contributed by atoms with Gasteiger partial charge >= 0.3 is 0 Å². The smallest absolute Gasteiger partial charge is 0.261 e. The lowest BCUT2D eigenvalue weighted by Gasteiger charge is -2.24. The molecule has 0 radical (unpaired) electrons. The fourth-order valence-electron chi connectivity index (χ4n) is 1.41. The number of ether oxygens (including phenoxy) is 1. The maximum atomic E-state index is 11.1. The van der Waals surface area contributed by atoms with Gasteiger partial charge in [0, 0.05) is 16.7 Å². The van der Waals surface area contributed by atoms with Crippen molar-refractivity contribution >= 4 is 25.4 Å². The molecule has 0 saturated heterocycles. The topological polar surface area (TPSA) is 55.4 Å². The molecular weight excluding hydrogens is 238 g/mol. The summed E-state index contributed by atoms with van der Waals surface area (Å²) >= 11 is 0. The number of fused-ring (bicyclic) bond motifs is 1. The predicted octanol–water partition coefficient (Wildman–Crippen LogP) is 1.81. The van der Waals surface area contributed by atoms with Crippen LogP contribution >= 0.6 is 10.7 Å². The summed E-state index contributed by atoms with van der Waals surface area (Å²) < 4.78 is 27.7. The molecule has 0 aliphatic carbocycles. The molecule has 0 saturated carbocycles. The predicted molar refractivity (Wildman–Crippen MR) is 58.1 cm³/mol. The Morgan fingerprint density at radius 3 is 2.93 bits per heavy atom. The quantitative estimate of drug-likeness (QED) is 0.769. The van der Waals surface area contributed by atoms with Crippen LogP contribution in [0.3, 0.4) is 0 Å². The normalized spacial score (nSPS) is 20.0. The van der Waals surface area contributed by atoms with Crippen molar-refractivity contribution in [3.63, 3.8) is 0 Å². The van der Waals surface area contributed by atoms with E-state index in [-0.39, 0.29) is 11.0 Å². The van der Waals surface area contributed by atoms with E-state index in [1.165, 1.54) is 12.1 Å². The van der Waals surface area contributed by atoms with Crippen LogP contribution in [0.2, 0.25) is 0 Å². The van der Waals surface area contributed by atoms with Crippen molar-refractivity contribution in [1.82, 2.24) is 0 Å². The van der Waals surface area contributed by atoms with E-state index in [9.17, 15) is 8.42 Å². The van der Waals surface area contributed by atoms with Crippen LogP contribution < -0.4 is 10.1 Å². The van der Waals surface area contributed by atoms with Crippen molar-refractivity contribution < 1.29 is 13.2 Å². The molecule has 1 aliphatic heterocycles. The Morgan fingerprint density at radius 2 is 2.27 bits per heavy atom. The van der Waals surface area contributed by atoms with Gasteiger partial charge in [0.05, 0.1) is 17.1 Å². The average Bonchev–Trinajstić information content (AvgIpc) is 2.15. The van der Waals surface area contributed by atoms with E-state index in [2.05, 4.69) is 5.32 Å². The summed E-state index contributed by atoms with van der Waals surface area (Å²) in [4.78, 5) is 0.0545. The van der Waals surface area contributed by atoms with Crippen LogP contribution in [0.1, 0.15) is 6.92 Å². The fourth-order valence-corrected chi connectivity index (χ4v) is 2.18. The number of benzene rings is 1. The number of nitrogens with one attached hydrogen (secondary N) is 1. The molecule has 82 valence electrons. The molecule has 1 aliphatic rings. The highest BCUT2D eigenvalue weighted by Gasteiger charge is 2.18. The summed E-state index contributed by atoms with van der Waals surface area (Å²) in [6, 6.07) is 4.53. The Labute approximate surface area is 92.6 Å². The van der Waals surface area contributed by atoms with E-state index in [0.29, 0.717) is 12.3 Å². The Balaban J connectivity index is 2.46. The maximum Gasteiger partial charge on any atom is 0.261 e. The van der Waals surface area contributed by atoms with E-state index in [0.717, 1.165) is 5.69 Å². The van der Waals surface area contributed by atoms with Crippen LogP contribution in [-0.2, 0) is 9.05 Å². The van der Waals surface area contributed by atoms with Crippen molar-refractivity contribution in [2.75, 3.05) is 11.9 Å². The molecule has 2 rings (SSSR count). The summed E-state index contributed by atoms with van der Waals surface area (Å²) in [6.45, 7) is 2.61. The fraction of sp³-hybridized carbons (Fsp3) is 0.333. The Hall–Kier alpha value is -0.940. The molecule has 0 aromatic heterocycles. The van der Waals surface area contributed by atoms with Gasteiger partial charge in [0.1, 0.15) is 11.9 Å². The lowest BCUT2D eigenvalue weighted by molar-refractivity contribution is 0.225. The number of halogens is 1. The molecule has 4 nitrogen and oxygen atoms in total. The molecule has 0 amide bonds. The van der Waals surface area contributed by atoms with E-state index >= 15 is 0 Å². The number of hydrogen-bond donors (Lipinski definition) is 1. The van der Waals surface area contributed by atoms with Gasteiger partial charge in [-0.25, -0.2) is 8.42 Å². The molecule has 0 bridgehead atoms. The molecule has 1 atom stereocenters. The second-order valence-corrected chi connectivity index (χ2v) is 5.97. The third-order valence-corrected chi connectivity index (χ3v) is 3.49. The Morgan fingerprint density at radius 1 is 1.53 bits per heavy atom. The molecule has 1 N–H and O–H groups in total. The van der Waals surface area contributed by atoms with Crippen molar-refractivity contribution in [2.24, 2.45) is 0 Å². The standard InChI is InChI=1S/C9H10ClNO3S/c1-6-5-11-8-3-2-7(15(10,12)13)4-9(8)14-6/h2-4,6,11H,5H2,1H3. The molecule has 6 heteroatoms. The minimum atomic E-state index is -3.69.